The van der Waals surface area contributed by atoms with Crippen molar-refractivity contribution in [2.24, 2.45) is 0 Å². The van der Waals surface area contributed by atoms with Crippen LogP contribution in [0.5, 0.6) is 5.75 Å². The van der Waals surface area contributed by atoms with Gasteiger partial charge in [-0.15, -0.1) is 0 Å². The number of nitrogens with zero attached hydrogens (tertiary/aromatic N) is 1. The molecule has 0 aliphatic carbocycles. The fourth-order valence-electron chi connectivity index (χ4n) is 1.84. The van der Waals surface area contributed by atoms with E-state index < -0.39 is 5.97 Å². The average Bonchev–Trinajstić information content (AvgIpc) is 2.89. The van der Waals surface area contributed by atoms with Crippen molar-refractivity contribution in [3.8, 4) is 11.4 Å². The van der Waals surface area contributed by atoms with Crippen molar-refractivity contribution in [3.63, 3.8) is 0 Å². The Kier molecular flexibility index (Phi) is 3.67. The van der Waals surface area contributed by atoms with Gasteiger partial charge in [-0.25, -0.2) is 0 Å². The van der Waals surface area contributed by atoms with E-state index in [9.17, 15) is 4.79 Å². The number of aryl methyl sites for hydroxylation is 1. The lowest BCUT2D eigenvalue weighted by Gasteiger charge is -2.11. The first kappa shape index (κ1) is 12.2. The molecule has 1 heterocycles. The van der Waals surface area contributed by atoms with Crippen molar-refractivity contribution in [2.75, 3.05) is 7.11 Å². The van der Waals surface area contributed by atoms with Gasteiger partial charge in [0.1, 0.15) is 5.75 Å². The maximum atomic E-state index is 10.6. The van der Waals surface area contributed by atoms with Gasteiger partial charge in [0.15, 0.2) is 0 Å². The van der Waals surface area contributed by atoms with E-state index in [4.69, 9.17) is 9.84 Å². The minimum Gasteiger partial charge on any atom is -0.495 e. The molecule has 1 N–H and O–H groups in total. The molecule has 18 heavy (non-hydrogen) atoms. The molecule has 94 valence electrons. The predicted octanol–water partition coefficient (Wildman–Crippen LogP) is 2.50. The van der Waals surface area contributed by atoms with Gasteiger partial charge in [-0.1, -0.05) is 6.07 Å². The first-order valence-corrected chi connectivity index (χ1v) is 5.73. The number of carbonyl (C=O) groups is 1. The summed E-state index contributed by atoms with van der Waals surface area (Å²) in [5.74, 6) is -0.0152. The van der Waals surface area contributed by atoms with Gasteiger partial charge in [-0.3, -0.25) is 4.79 Å². The van der Waals surface area contributed by atoms with Gasteiger partial charge in [0.2, 0.25) is 0 Å². The van der Waals surface area contributed by atoms with Crippen LogP contribution in [0.2, 0.25) is 0 Å². The normalized spacial score (nSPS) is 10.3. The minimum absolute atomic E-state index is 0.136. The summed E-state index contributed by atoms with van der Waals surface area (Å²) in [5.41, 5.74) is 1.91. The minimum atomic E-state index is -0.784. The van der Waals surface area contributed by atoms with E-state index in [1.54, 1.807) is 7.11 Å². The van der Waals surface area contributed by atoms with E-state index in [2.05, 4.69) is 0 Å². The lowest BCUT2D eigenvalue weighted by molar-refractivity contribution is -0.136. The lowest BCUT2D eigenvalue weighted by Crippen LogP contribution is -2.00. The largest absolute Gasteiger partial charge is 0.495 e. The van der Waals surface area contributed by atoms with E-state index in [1.807, 2.05) is 47.3 Å². The molecule has 4 heteroatoms. The Morgan fingerprint density at radius 1 is 1.33 bits per heavy atom. The Morgan fingerprint density at radius 2 is 2.06 bits per heavy atom. The summed E-state index contributed by atoms with van der Waals surface area (Å²) in [6.45, 7) is 0. The molecular weight excluding hydrogens is 230 g/mol. The molecule has 1 aromatic carbocycles. The fourth-order valence-corrected chi connectivity index (χ4v) is 1.84. The molecule has 0 aliphatic rings. The van der Waals surface area contributed by atoms with E-state index in [0.29, 0.717) is 6.42 Å². The molecular formula is C14H15NO3. The van der Waals surface area contributed by atoms with Gasteiger partial charge in [-0.2, -0.15) is 0 Å². The molecule has 0 aliphatic heterocycles. The third kappa shape index (κ3) is 2.71. The summed E-state index contributed by atoms with van der Waals surface area (Å²) in [6.07, 6.45) is 4.52. The molecule has 0 radical (unpaired) electrons. The van der Waals surface area contributed by atoms with Crippen LogP contribution in [-0.4, -0.2) is 22.8 Å². The number of carboxylic acids is 1. The molecule has 0 atom stereocenters. The Balaban J connectivity index is 2.31. The number of aliphatic carboxylic acids is 1. The molecule has 0 saturated heterocycles. The molecule has 1 aromatic heterocycles. The zero-order valence-electron chi connectivity index (χ0n) is 10.2. The SMILES string of the molecule is COc1ccc(CCC(=O)O)cc1-n1cccc1. The van der Waals surface area contributed by atoms with Crippen LogP contribution in [0.25, 0.3) is 5.69 Å². The highest BCUT2D eigenvalue weighted by Gasteiger charge is 2.07. The zero-order chi connectivity index (χ0) is 13.0. The maximum Gasteiger partial charge on any atom is 0.303 e. The standard InChI is InChI=1S/C14H15NO3/c1-18-13-6-4-11(5-7-14(16)17)10-12(13)15-8-2-3-9-15/h2-4,6,8-10H,5,7H2,1H3,(H,16,17). The highest BCUT2D eigenvalue weighted by atomic mass is 16.5. The first-order chi connectivity index (χ1) is 8.70. The predicted molar refractivity (Wildman–Crippen MR) is 68.3 cm³/mol. The Bertz CT molecular complexity index is 532. The number of aromatic nitrogens is 1. The van der Waals surface area contributed by atoms with Gasteiger partial charge >= 0.3 is 5.97 Å². The number of methoxy groups -OCH3 is 1. The van der Waals surface area contributed by atoms with Crippen LogP contribution in [0.4, 0.5) is 0 Å². The number of benzene rings is 1. The molecule has 0 spiro atoms. The summed E-state index contributed by atoms with van der Waals surface area (Å²) in [6, 6.07) is 9.59. The van der Waals surface area contributed by atoms with Crippen LogP contribution in [0.15, 0.2) is 42.7 Å². The second kappa shape index (κ2) is 5.40. The topological polar surface area (TPSA) is 51.5 Å². The molecule has 0 fully saturated rings. The number of rotatable bonds is 5. The van der Waals surface area contributed by atoms with Gasteiger partial charge in [0.25, 0.3) is 0 Å². The van der Waals surface area contributed by atoms with Crippen molar-refractivity contribution in [3.05, 3.63) is 48.3 Å². The molecule has 0 saturated carbocycles. The van der Waals surface area contributed by atoms with Crippen LogP contribution in [-0.2, 0) is 11.2 Å². The van der Waals surface area contributed by atoms with Crippen molar-refractivity contribution < 1.29 is 14.6 Å². The maximum absolute atomic E-state index is 10.6. The third-order valence-corrected chi connectivity index (χ3v) is 2.75. The number of carboxylic acid groups (broad SMARTS) is 1. The summed E-state index contributed by atoms with van der Waals surface area (Å²) < 4.78 is 7.26. The van der Waals surface area contributed by atoms with Crippen molar-refractivity contribution in [1.82, 2.24) is 4.57 Å². The second-order valence-corrected chi connectivity index (χ2v) is 3.99. The quantitative estimate of drug-likeness (QED) is 0.880. The Morgan fingerprint density at radius 3 is 2.67 bits per heavy atom. The number of ether oxygens (including phenoxy) is 1. The number of hydrogen-bond donors (Lipinski definition) is 1. The molecule has 4 nitrogen and oxygen atoms in total. The molecule has 2 rings (SSSR count). The first-order valence-electron chi connectivity index (χ1n) is 5.73. The van der Waals surface area contributed by atoms with E-state index >= 15 is 0 Å². The highest BCUT2D eigenvalue weighted by Crippen LogP contribution is 2.24. The van der Waals surface area contributed by atoms with Gasteiger partial charge in [-0.05, 0) is 36.2 Å². The summed E-state index contributed by atoms with van der Waals surface area (Å²) in [4.78, 5) is 10.6. The van der Waals surface area contributed by atoms with Crippen LogP contribution >= 0.6 is 0 Å². The van der Waals surface area contributed by atoms with Crippen LogP contribution < -0.4 is 4.74 Å². The monoisotopic (exact) mass is 245 g/mol. The van der Waals surface area contributed by atoms with Crippen molar-refractivity contribution in [2.45, 2.75) is 12.8 Å². The van der Waals surface area contributed by atoms with E-state index in [-0.39, 0.29) is 6.42 Å². The highest BCUT2D eigenvalue weighted by molar-refractivity contribution is 5.67. The molecule has 2 aromatic rings. The summed E-state index contributed by atoms with van der Waals surface area (Å²) in [5, 5.41) is 8.70. The van der Waals surface area contributed by atoms with Gasteiger partial charge in [0.05, 0.1) is 12.8 Å². The Hall–Kier alpha value is -2.23. The molecule has 0 amide bonds. The number of hydrogen-bond acceptors (Lipinski definition) is 2. The van der Waals surface area contributed by atoms with Crippen molar-refractivity contribution in [1.29, 1.82) is 0 Å². The zero-order valence-corrected chi connectivity index (χ0v) is 10.2. The lowest BCUT2D eigenvalue weighted by atomic mass is 10.1. The van der Waals surface area contributed by atoms with E-state index in [1.165, 1.54) is 0 Å². The fraction of sp³-hybridized carbons (Fsp3) is 0.214. The smallest absolute Gasteiger partial charge is 0.303 e. The molecule has 0 unspecified atom stereocenters. The average molecular weight is 245 g/mol. The summed E-state index contributed by atoms with van der Waals surface area (Å²) >= 11 is 0. The van der Waals surface area contributed by atoms with Crippen LogP contribution in [0.1, 0.15) is 12.0 Å². The molecule has 0 bridgehead atoms. The van der Waals surface area contributed by atoms with E-state index in [0.717, 1.165) is 17.0 Å². The second-order valence-electron chi connectivity index (χ2n) is 3.99. The van der Waals surface area contributed by atoms with Crippen LogP contribution in [0.3, 0.4) is 0 Å². The van der Waals surface area contributed by atoms with Gasteiger partial charge < -0.3 is 14.4 Å². The van der Waals surface area contributed by atoms with Crippen molar-refractivity contribution >= 4 is 5.97 Å². The Labute approximate surface area is 105 Å². The van der Waals surface area contributed by atoms with Gasteiger partial charge in [0, 0.05) is 18.8 Å². The third-order valence-electron chi connectivity index (χ3n) is 2.75. The van der Waals surface area contributed by atoms with Crippen LogP contribution in [0, 0.1) is 0 Å². The summed E-state index contributed by atoms with van der Waals surface area (Å²) in [7, 11) is 1.62.